The third-order valence-electron chi connectivity index (χ3n) is 13.3. The van der Waals surface area contributed by atoms with Gasteiger partial charge in [-0.3, -0.25) is 29.2 Å². The monoisotopic (exact) mass is 939 g/mol. The summed E-state index contributed by atoms with van der Waals surface area (Å²) in [6.45, 7) is 17.3. The van der Waals surface area contributed by atoms with E-state index in [9.17, 15) is 24.0 Å². The van der Waals surface area contributed by atoms with Crippen LogP contribution in [0.4, 0.5) is 4.79 Å². The van der Waals surface area contributed by atoms with E-state index in [4.69, 9.17) is 24.2 Å². The summed E-state index contributed by atoms with van der Waals surface area (Å²) in [7, 11) is 6.27. The van der Waals surface area contributed by atoms with Gasteiger partial charge in [-0.2, -0.15) is 0 Å². The molecule has 0 unspecified atom stereocenters. The summed E-state index contributed by atoms with van der Waals surface area (Å²) in [4.78, 5) is 83.8. The van der Waals surface area contributed by atoms with Crippen LogP contribution < -0.4 is 10.7 Å². The van der Waals surface area contributed by atoms with Gasteiger partial charge in [0.25, 0.3) is 11.8 Å². The van der Waals surface area contributed by atoms with E-state index in [-0.39, 0.29) is 42.8 Å². The Kier molecular flexibility index (Phi) is 14.8. The third-order valence-corrected chi connectivity index (χ3v) is 14.1. The van der Waals surface area contributed by atoms with Crippen molar-refractivity contribution in [2.24, 2.45) is 11.3 Å². The number of likely N-dealkylation sites (N-methyl/N-ethyl adjacent to an activating group) is 2. The molecule has 0 saturated carbocycles. The quantitative estimate of drug-likeness (QED) is 0.109. The Balaban J connectivity index is 1.23. The summed E-state index contributed by atoms with van der Waals surface area (Å²) in [5.41, 5.74) is 9.20. The molecule has 18 heteroatoms. The first kappa shape index (κ1) is 49.1. The SMILES string of the molecule is C=C(OC)C(=O)N1CC(N(C)C(=O)N(C)[C@H](C(=O)N[C@H]2Cc3nc(cs3)-c3ccc4c(c3)c(c(-c3cccnc3[C@H](C)OC)n4CC)CC(C)(C)COC(=O)[C@@H]3CCCN(N3)C2=O)C(C)C)C1. The molecule has 2 N–H and O–H groups in total. The van der Waals surface area contributed by atoms with Gasteiger partial charge in [0.15, 0.2) is 5.76 Å². The fraction of sp³-hybridized carbons (Fsp3) is 0.531. The van der Waals surface area contributed by atoms with E-state index in [2.05, 4.69) is 66.9 Å². The number of pyridine rings is 1. The number of amides is 5. The number of thiazole rings is 1. The van der Waals surface area contributed by atoms with Crippen molar-refractivity contribution in [2.45, 2.75) is 104 Å². The largest absolute Gasteiger partial charge is 0.492 e. The van der Waals surface area contributed by atoms with E-state index in [0.717, 1.165) is 44.7 Å². The smallest absolute Gasteiger partial charge is 0.324 e. The van der Waals surface area contributed by atoms with E-state index in [1.165, 1.54) is 33.3 Å². The zero-order chi connectivity index (χ0) is 48.5. The maximum absolute atomic E-state index is 14.6. The number of ether oxygens (including phenoxy) is 3. The molecule has 67 heavy (non-hydrogen) atoms. The van der Waals surface area contributed by atoms with E-state index in [1.54, 1.807) is 32.3 Å². The first-order chi connectivity index (χ1) is 31.9. The minimum absolute atomic E-state index is 0.0175. The van der Waals surface area contributed by atoms with Gasteiger partial charge >= 0.3 is 12.0 Å². The average molecular weight is 940 g/mol. The fourth-order valence-corrected chi connectivity index (χ4v) is 10.3. The molecular formula is C49H65N9O8S. The summed E-state index contributed by atoms with van der Waals surface area (Å²) in [5.74, 6) is -2.09. The third kappa shape index (κ3) is 10.1. The normalized spacial score (nSPS) is 19.8. The molecule has 3 aliphatic rings. The molecule has 3 aliphatic heterocycles. The number of nitrogens with zero attached hydrogens (tertiary/aromatic N) is 7. The van der Waals surface area contributed by atoms with Crippen LogP contribution in [0.25, 0.3) is 33.4 Å². The van der Waals surface area contributed by atoms with Crippen LogP contribution in [0.3, 0.4) is 0 Å². The molecule has 6 bridgehead atoms. The topological polar surface area (TPSA) is 181 Å². The van der Waals surface area contributed by atoms with Gasteiger partial charge in [-0.1, -0.05) is 40.3 Å². The lowest BCUT2D eigenvalue weighted by molar-refractivity contribution is -0.155. The van der Waals surface area contributed by atoms with E-state index >= 15 is 0 Å². The highest BCUT2D eigenvalue weighted by atomic mass is 32.1. The number of benzene rings is 1. The lowest BCUT2D eigenvalue weighted by Gasteiger charge is -2.45. The number of nitrogens with one attached hydrogen (secondary N) is 2. The predicted octanol–water partition coefficient (Wildman–Crippen LogP) is 5.58. The summed E-state index contributed by atoms with van der Waals surface area (Å²) in [6.07, 6.45) is 3.14. The molecular weight excluding hydrogens is 875 g/mol. The Morgan fingerprint density at radius 1 is 1.12 bits per heavy atom. The van der Waals surface area contributed by atoms with Crippen molar-refractivity contribution in [1.29, 1.82) is 0 Å². The Morgan fingerprint density at radius 2 is 1.87 bits per heavy atom. The maximum Gasteiger partial charge on any atom is 0.324 e. The number of carbonyl (C=O) groups excluding carboxylic acids is 5. The zero-order valence-electron chi connectivity index (χ0n) is 40.4. The summed E-state index contributed by atoms with van der Waals surface area (Å²) in [5, 5.41) is 8.04. The number of cyclic esters (lactones) is 1. The predicted molar refractivity (Wildman–Crippen MR) is 255 cm³/mol. The molecule has 4 atom stereocenters. The van der Waals surface area contributed by atoms with Crippen LogP contribution in [-0.2, 0) is 52.8 Å². The Hall–Kier alpha value is -5.85. The molecule has 2 saturated heterocycles. The second-order valence-corrected chi connectivity index (χ2v) is 19.9. The fourth-order valence-electron chi connectivity index (χ4n) is 9.40. The minimum Gasteiger partial charge on any atom is -0.492 e. The number of fused-ring (bicyclic) bond motifs is 6. The van der Waals surface area contributed by atoms with Gasteiger partial charge in [-0.25, -0.2) is 15.2 Å². The molecule has 7 rings (SSSR count). The first-order valence-corrected chi connectivity index (χ1v) is 23.9. The highest BCUT2D eigenvalue weighted by Crippen LogP contribution is 2.42. The number of methoxy groups -OCH3 is 2. The van der Waals surface area contributed by atoms with E-state index < -0.39 is 47.4 Å². The van der Waals surface area contributed by atoms with Crippen LogP contribution in [0.2, 0.25) is 0 Å². The molecule has 6 heterocycles. The van der Waals surface area contributed by atoms with Crippen molar-refractivity contribution in [2.75, 3.05) is 54.6 Å². The van der Waals surface area contributed by atoms with Crippen LogP contribution >= 0.6 is 11.3 Å². The standard InChI is InChI=1S/C49H65N9O8S/c1-12-57-39-18-17-31-21-34(39)35(43(57)33-15-13-19-50-41(33)29(4)64-10)23-49(6,7)27-66-47(62)36-16-14-20-58(53-36)46(61)37(22-40-51-38(31)26-67-40)52-44(59)42(28(2)3)55(9)48(63)54(8)32-24-56(25-32)45(60)30(5)65-11/h13,15,17-19,21,26,28-29,32,36-37,42,53H,5,12,14,16,20,22-25,27H2,1-4,6-11H3,(H,52,59)/t29-,36-,37-,42-/m0/s1. The minimum atomic E-state index is -1.10. The van der Waals surface area contributed by atoms with Gasteiger partial charge in [0.1, 0.15) is 18.1 Å². The number of carbonyl (C=O) groups is 5. The van der Waals surface area contributed by atoms with Crippen molar-refractivity contribution >= 4 is 52.0 Å². The van der Waals surface area contributed by atoms with Crippen LogP contribution in [0.1, 0.15) is 76.8 Å². The molecule has 1 aromatic carbocycles. The number of hydrogen-bond donors (Lipinski definition) is 2. The van der Waals surface area contributed by atoms with Crippen molar-refractivity contribution in [3.8, 4) is 22.5 Å². The molecule has 5 amide bonds. The van der Waals surface area contributed by atoms with Crippen molar-refractivity contribution in [3.05, 3.63) is 70.5 Å². The Labute approximate surface area is 396 Å². The zero-order valence-corrected chi connectivity index (χ0v) is 41.2. The van der Waals surface area contributed by atoms with Crippen molar-refractivity contribution in [1.82, 2.24) is 45.0 Å². The number of urea groups is 1. The van der Waals surface area contributed by atoms with Gasteiger partial charge in [0.2, 0.25) is 5.91 Å². The van der Waals surface area contributed by atoms with Gasteiger partial charge < -0.3 is 38.8 Å². The number of likely N-dealkylation sites (tertiary alicyclic amines) is 1. The lowest BCUT2D eigenvalue weighted by atomic mass is 9.84. The Bertz CT molecular complexity index is 2530. The lowest BCUT2D eigenvalue weighted by Crippen LogP contribution is -2.65. The number of rotatable bonds is 11. The maximum atomic E-state index is 14.6. The Morgan fingerprint density at radius 3 is 2.55 bits per heavy atom. The number of esters is 1. The average Bonchev–Trinajstić information content (AvgIpc) is 3.89. The van der Waals surface area contributed by atoms with Gasteiger partial charge in [-0.05, 0) is 68.9 Å². The molecule has 2 fully saturated rings. The summed E-state index contributed by atoms with van der Waals surface area (Å²) < 4.78 is 19.2. The number of hydrazine groups is 1. The highest BCUT2D eigenvalue weighted by molar-refractivity contribution is 7.10. The molecule has 0 aliphatic carbocycles. The van der Waals surface area contributed by atoms with E-state index in [0.29, 0.717) is 50.4 Å². The van der Waals surface area contributed by atoms with Crippen LogP contribution in [-0.4, -0.2) is 143 Å². The van der Waals surface area contributed by atoms with Crippen LogP contribution in [0.5, 0.6) is 0 Å². The number of aryl methyl sites for hydroxylation is 1. The molecule has 4 aromatic rings. The van der Waals surface area contributed by atoms with Crippen LogP contribution in [0.15, 0.2) is 54.2 Å². The van der Waals surface area contributed by atoms with E-state index in [1.807, 2.05) is 32.2 Å². The molecule has 3 aromatic heterocycles. The first-order valence-electron chi connectivity index (χ1n) is 23.0. The van der Waals surface area contributed by atoms with Gasteiger partial charge in [0, 0.05) is 92.8 Å². The van der Waals surface area contributed by atoms with Crippen molar-refractivity contribution in [3.63, 3.8) is 0 Å². The van der Waals surface area contributed by atoms with Gasteiger partial charge in [-0.15, -0.1) is 11.3 Å². The van der Waals surface area contributed by atoms with Crippen molar-refractivity contribution < 1.29 is 38.2 Å². The molecule has 360 valence electrons. The molecule has 17 nitrogen and oxygen atoms in total. The van der Waals surface area contributed by atoms with Gasteiger partial charge in [0.05, 0.1) is 48.0 Å². The second-order valence-electron chi connectivity index (χ2n) is 19.0. The highest BCUT2D eigenvalue weighted by Gasteiger charge is 2.42. The molecule has 0 radical (unpaired) electrons. The summed E-state index contributed by atoms with van der Waals surface area (Å²) in [6, 6.07) is 6.82. The molecule has 0 spiro atoms. The summed E-state index contributed by atoms with van der Waals surface area (Å²) >= 11 is 1.40. The van der Waals surface area contributed by atoms with Crippen LogP contribution in [0, 0.1) is 11.3 Å². The number of hydrogen-bond acceptors (Lipinski definition) is 12. The number of aromatic nitrogens is 3. The second kappa shape index (κ2) is 20.2.